The molecular weight excluding hydrogens is 277 g/mol. The molecule has 2 N–H and O–H groups in total. The highest BCUT2D eigenvalue weighted by atomic mass is 79.9. The SMILES string of the molecule is CCC[C@@H](N)c1ccc(Br)cc1OC.Cl. The second-order valence-electron chi connectivity index (χ2n) is 3.28. The van der Waals surface area contributed by atoms with Gasteiger partial charge in [0.2, 0.25) is 0 Å². The summed E-state index contributed by atoms with van der Waals surface area (Å²) in [5.41, 5.74) is 7.12. The fraction of sp³-hybridized carbons (Fsp3) is 0.455. The highest BCUT2D eigenvalue weighted by Gasteiger charge is 2.10. The van der Waals surface area contributed by atoms with Gasteiger partial charge in [-0.2, -0.15) is 0 Å². The van der Waals surface area contributed by atoms with Crippen LogP contribution in [0.4, 0.5) is 0 Å². The van der Waals surface area contributed by atoms with Crippen molar-refractivity contribution in [3.8, 4) is 5.75 Å². The van der Waals surface area contributed by atoms with Crippen LogP contribution in [0.5, 0.6) is 5.75 Å². The average Bonchev–Trinajstić information content (AvgIpc) is 2.17. The van der Waals surface area contributed by atoms with E-state index in [2.05, 4.69) is 22.9 Å². The third-order valence-corrected chi connectivity index (χ3v) is 2.69. The van der Waals surface area contributed by atoms with Gasteiger partial charge in [-0.1, -0.05) is 35.3 Å². The van der Waals surface area contributed by atoms with Crippen molar-refractivity contribution in [2.24, 2.45) is 5.73 Å². The predicted molar refractivity (Wildman–Crippen MR) is 69.8 cm³/mol. The van der Waals surface area contributed by atoms with Gasteiger partial charge in [0.15, 0.2) is 0 Å². The summed E-state index contributed by atoms with van der Waals surface area (Å²) in [4.78, 5) is 0. The number of ether oxygens (including phenoxy) is 1. The van der Waals surface area contributed by atoms with Gasteiger partial charge in [-0.15, -0.1) is 12.4 Å². The Balaban J connectivity index is 0.00000196. The van der Waals surface area contributed by atoms with E-state index in [4.69, 9.17) is 10.5 Å². The molecule has 0 fully saturated rings. The summed E-state index contributed by atoms with van der Waals surface area (Å²) in [5, 5.41) is 0. The van der Waals surface area contributed by atoms with Crippen molar-refractivity contribution in [2.75, 3.05) is 7.11 Å². The quantitative estimate of drug-likeness (QED) is 0.919. The van der Waals surface area contributed by atoms with E-state index in [1.807, 2.05) is 18.2 Å². The van der Waals surface area contributed by atoms with Crippen LogP contribution in [0.1, 0.15) is 31.4 Å². The number of halogens is 2. The monoisotopic (exact) mass is 293 g/mol. The molecule has 0 spiro atoms. The van der Waals surface area contributed by atoms with Crippen LogP contribution in [0, 0.1) is 0 Å². The van der Waals surface area contributed by atoms with Crippen molar-refractivity contribution >= 4 is 28.3 Å². The Labute approximate surface area is 106 Å². The van der Waals surface area contributed by atoms with E-state index in [0.717, 1.165) is 28.6 Å². The molecule has 0 aliphatic rings. The first-order chi connectivity index (χ1) is 6.69. The lowest BCUT2D eigenvalue weighted by molar-refractivity contribution is 0.403. The molecule has 0 aliphatic heterocycles. The Kier molecular flexibility index (Phi) is 6.98. The largest absolute Gasteiger partial charge is 0.496 e. The van der Waals surface area contributed by atoms with E-state index < -0.39 is 0 Å². The van der Waals surface area contributed by atoms with Gasteiger partial charge in [0.1, 0.15) is 5.75 Å². The second-order valence-corrected chi connectivity index (χ2v) is 4.20. The molecule has 15 heavy (non-hydrogen) atoms. The van der Waals surface area contributed by atoms with Gasteiger partial charge in [0, 0.05) is 16.1 Å². The first kappa shape index (κ1) is 14.8. The van der Waals surface area contributed by atoms with Gasteiger partial charge < -0.3 is 10.5 Å². The minimum absolute atomic E-state index is 0. The maximum absolute atomic E-state index is 6.04. The van der Waals surface area contributed by atoms with Crippen LogP contribution in [0.3, 0.4) is 0 Å². The molecule has 1 aromatic carbocycles. The van der Waals surface area contributed by atoms with Gasteiger partial charge in [-0.05, 0) is 18.6 Å². The number of benzene rings is 1. The minimum atomic E-state index is 0. The normalized spacial score (nSPS) is 11.7. The van der Waals surface area contributed by atoms with Crippen LogP contribution in [0.2, 0.25) is 0 Å². The van der Waals surface area contributed by atoms with Crippen LogP contribution >= 0.6 is 28.3 Å². The highest BCUT2D eigenvalue weighted by molar-refractivity contribution is 9.10. The molecule has 1 rings (SSSR count). The third-order valence-electron chi connectivity index (χ3n) is 2.19. The zero-order valence-corrected chi connectivity index (χ0v) is 11.4. The van der Waals surface area contributed by atoms with Gasteiger partial charge in [0.25, 0.3) is 0 Å². The molecule has 1 aromatic rings. The number of hydrogen-bond acceptors (Lipinski definition) is 2. The fourth-order valence-corrected chi connectivity index (χ4v) is 1.80. The molecule has 0 saturated carbocycles. The van der Waals surface area contributed by atoms with Crippen LogP contribution in [0.25, 0.3) is 0 Å². The van der Waals surface area contributed by atoms with E-state index in [-0.39, 0.29) is 18.4 Å². The number of nitrogens with two attached hydrogens (primary N) is 1. The van der Waals surface area contributed by atoms with E-state index in [1.54, 1.807) is 7.11 Å². The molecular formula is C11H17BrClNO. The zero-order chi connectivity index (χ0) is 10.6. The summed E-state index contributed by atoms with van der Waals surface area (Å²) in [6.07, 6.45) is 2.07. The van der Waals surface area contributed by atoms with Crippen molar-refractivity contribution in [2.45, 2.75) is 25.8 Å². The van der Waals surface area contributed by atoms with Crippen molar-refractivity contribution in [1.82, 2.24) is 0 Å². The maximum atomic E-state index is 6.04. The van der Waals surface area contributed by atoms with Crippen molar-refractivity contribution < 1.29 is 4.74 Å². The Bertz CT molecular complexity index is 307. The zero-order valence-electron chi connectivity index (χ0n) is 9.00. The standard InChI is InChI=1S/C11H16BrNO.ClH/c1-3-4-10(13)9-6-5-8(12)7-11(9)14-2;/h5-7,10H,3-4,13H2,1-2H3;1H/t10-;/m1./s1. The molecule has 0 amide bonds. The molecule has 2 nitrogen and oxygen atoms in total. The molecule has 0 bridgehead atoms. The number of rotatable bonds is 4. The van der Waals surface area contributed by atoms with Gasteiger partial charge >= 0.3 is 0 Å². The number of methoxy groups -OCH3 is 1. The topological polar surface area (TPSA) is 35.2 Å². The number of hydrogen-bond donors (Lipinski definition) is 1. The Hall–Kier alpha value is -0.250. The highest BCUT2D eigenvalue weighted by Crippen LogP contribution is 2.29. The molecule has 0 unspecified atom stereocenters. The molecule has 0 saturated heterocycles. The molecule has 4 heteroatoms. The first-order valence-electron chi connectivity index (χ1n) is 4.78. The Morgan fingerprint density at radius 2 is 2.13 bits per heavy atom. The molecule has 0 aliphatic carbocycles. The summed E-state index contributed by atoms with van der Waals surface area (Å²) in [6.45, 7) is 2.13. The van der Waals surface area contributed by atoms with E-state index in [1.165, 1.54) is 0 Å². The van der Waals surface area contributed by atoms with E-state index in [0.29, 0.717) is 0 Å². The molecule has 86 valence electrons. The summed E-state index contributed by atoms with van der Waals surface area (Å²) in [6, 6.07) is 6.03. The second kappa shape index (κ2) is 7.09. The van der Waals surface area contributed by atoms with Crippen LogP contribution in [-0.2, 0) is 0 Å². The first-order valence-corrected chi connectivity index (χ1v) is 5.57. The smallest absolute Gasteiger partial charge is 0.124 e. The third kappa shape index (κ3) is 4.01. The van der Waals surface area contributed by atoms with Crippen LogP contribution < -0.4 is 10.5 Å². The van der Waals surface area contributed by atoms with E-state index in [9.17, 15) is 0 Å². The Morgan fingerprint density at radius 3 is 2.67 bits per heavy atom. The van der Waals surface area contributed by atoms with Gasteiger partial charge in [-0.25, -0.2) is 0 Å². The lowest BCUT2D eigenvalue weighted by Gasteiger charge is -2.15. The summed E-state index contributed by atoms with van der Waals surface area (Å²) >= 11 is 3.40. The minimum Gasteiger partial charge on any atom is -0.496 e. The molecule has 1 atom stereocenters. The predicted octanol–water partition coefficient (Wildman–Crippen LogP) is 3.68. The van der Waals surface area contributed by atoms with Crippen molar-refractivity contribution in [3.63, 3.8) is 0 Å². The van der Waals surface area contributed by atoms with Crippen molar-refractivity contribution in [1.29, 1.82) is 0 Å². The van der Waals surface area contributed by atoms with Gasteiger partial charge in [-0.3, -0.25) is 0 Å². The lowest BCUT2D eigenvalue weighted by Crippen LogP contribution is -2.11. The molecule has 0 radical (unpaired) electrons. The fourth-order valence-electron chi connectivity index (χ4n) is 1.46. The van der Waals surface area contributed by atoms with E-state index >= 15 is 0 Å². The van der Waals surface area contributed by atoms with Crippen molar-refractivity contribution in [3.05, 3.63) is 28.2 Å². The summed E-state index contributed by atoms with van der Waals surface area (Å²) < 4.78 is 6.30. The summed E-state index contributed by atoms with van der Waals surface area (Å²) in [7, 11) is 1.67. The average molecular weight is 295 g/mol. The van der Waals surface area contributed by atoms with Crippen LogP contribution in [0.15, 0.2) is 22.7 Å². The Morgan fingerprint density at radius 1 is 1.47 bits per heavy atom. The lowest BCUT2D eigenvalue weighted by atomic mass is 10.0. The van der Waals surface area contributed by atoms with Crippen LogP contribution in [-0.4, -0.2) is 7.11 Å². The maximum Gasteiger partial charge on any atom is 0.124 e. The van der Waals surface area contributed by atoms with Gasteiger partial charge in [0.05, 0.1) is 7.11 Å². The molecule has 0 heterocycles. The summed E-state index contributed by atoms with van der Waals surface area (Å²) in [5.74, 6) is 0.861. The molecule has 0 aromatic heterocycles.